The molecular weight excluding hydrogens is 318 g/mol. The van der Waals surface area contributed by atoms with Gasteiger partial charge in [0.25, 0.3) is 0 Å². The number of hydrogen-bond donors (Lipinski definition) is 1. The molecule has 0 atom stereocenters. The minimum absolute atomic E-state index is 0.124. The first-order valence-corrected chi connectivity index (χ1v) is 8.43. The Morgan fingerprint density at radius 3 is 2.75 bits per heavy atom. The molecule has 0 aliphatic heterocycles. The van der Waals surface area contributed by atoms with Crippen LogP contribution in [0.3, 0.4) is 0 Å². The molecule has 0 bridgehead atoms. The molecule has 0 saturated heterocycles. The molecule has 0 unspecified atom stereocenters. The molecule has 1 amide bonds. The Morgan fingerprint density at radius 1 is 1.21 bits per heavy atom. The Morgan fingerprint density at radius 2 is 2.00 bits per heavy atom. The van der Waals surface area contributed by atoms with Gasteiger partial charge in [0.1, 0.15) is 11.1 Å². The molecule has 0 radical (unpaired) electrons. The van der Waals surface area contributed by atoms with Crippen LogP contribution in [0.2, 0.25) is 0 Å². The molecule has 0 aliphatic rings. The molecule has 0 saturated carbocycles. The number of carbonyl (C=O) groups excluding carboxylic acids is 1. The van der Waals surface area contributed by atoms with E-state index in [1.807, 2.05) is 61.5 Å². The minimum Gasteiger partial charge on any atom is -0.325 e. The van der Waals surface area contributed by atoms with Crippen LogP contribution in [0.15, 0.2) is 59.6 Å². The quantitative estimate of drug-likeness (QED) is 0.729. The van der Waals surface area contributed by atoms with Crippen molar-refractivity contribution in [1.82, 2.24) is 4.98 Å². The smallest absolute Gasteiger partial charge is 0.234 e. The van der Waals surface area contributed by atoms with E-state index in [9.17, 15) is 10.1 Å². The van der Waals surface area contributed by atoms with Crippen molar-refractivity contribution in [3.05, 3.63) is 65.7 Å². The van der Waals surface area contributed by atoms with Crippen molar-refractivity contribution in [3.8, 4) is 6.07 Å². The number of nitrogens with zero attached hydrogens (tertiary/aromatic N) is 2. The minimum atomic E-state index is -0.124. The number of pyridine rings is 1. The van der Waals surface area contributed by atoms with Gasteiger partial charge in [0, 0.05) is 11.1 Å². The lowest BCUT2D eigenvalue weighted by molar-refractivity contribution is -0.113. The number of aryl methyl sites for hydroxylation is 1. The molecule has 3 rings (SSSR count). The summed E-state index contributed by atoms with van der Waals surface area (Å²) in [4.78, 5) is 16.6. The Labute approximate surface area is 144 Å². The highest BCUT2D eigenvalue weighted by atomic mass is 32.2. The van der Waals surface area contributed by atoms with Crippen LogP contribution in [-0.2, 0) is 4.79 Å². The summed E-state index contributed by atoms with van der Waals surface area (Å²) in [5.74, 6) is 0.0782. The second-order valence-electron chi connectivity index (χ2n) is 5.35. The average molecular weight is 333 g/mol. The van der Waals surface area contributed by atoms with Gasteiger partial charge in [-0.2, -0.15) is 5.26 Å². The maximum Gasteiger partial charge on any atom is 0.234 e. The van der Waals surface area contributed by atoms with E-state index in [0.29, 0.717) is 10.6 Å². The SMILES string of the molecule is Cc1ccc2nc(SCC(=O)Nc3ccccc3)c(C#N)cc2c1. The lowest BCUT2D eigenvalue weighted by Gasteiger charge is -2.07. The number of amides is 1. The van der Waals surface area contributed by atoms with Crippen molar-refractivity contribution in [3.63, 3.8) is 0 Å². The van der Waals surface area contributed by atoms with E-state index in [2.05, 4.69) is 16.4 Å². The number of hydrogen-bond acceptors (Lipinski definition) is 4. The molecule has 118 valence electrons. The lowest BCUT2D eigenvalue weighted by Crippen LogP contribution is -2.14. The average Bonchev–Trinajstić information content (AvgIpc) is 2.60. The Hall–Kier alpha value is -2.84. The fourth-order valence-electron chi connectivity index (χ4n) is 2.32. The summed E-state index contributed by atoms with van der Waals surface area (Å²) >= 11 is 1.27. The van der Waals surface area contributed by atoms with E-state index in [4.69, 9.17) is 0 Å². The number of nitrogens with one attached hydrogen (secondary N) is 1. The van der Waals surface area contributed by atoms with Gasteiger partial charge in [0.05, 0.1) is 16.8 Å². The van der Waals surface area contributed by atoms with Crippen LogP contribution >= 0.6 is 11.8 Å². The lowest BCUT2D eigenvalue weighted by atomic mass is 10.1. The molecular formula is C19H15N3OS. The first-order chi connectivity index (χ1) is 11.7. The van der Waals surface area contributed by atoms with Gasteiger partial charge >= 0.3 is 0 Å². The molecule has 4 nitrogen and oxygen atoms in total. The highest BCUT2D eigenvalue weighted by molar-refractivity contribution is 8.00. The Kier molecular flexibility index (Phi) is 4.78. The number of aromatic nitrogens is 1. The Bertz CT molecular complexity index is 932. The van der Waals surface area contributed by atoms with E-state index in [1.54, 1.807) is 0 Å². The van der Waals surface area contributed by atoms with Gasteiger partial charge < -0.3 is 5.32 Å². The van der Waals surface area contributed by atoms with E-state index < -0.39 is 0 Å². The number of carbonyl (C=O) groups is 1. The summed E-state index contributed by atoms with van der Waals surface area (Å²) in [6.45, 7) is 2.00. The van der Waals surface area contributed by atoms with Gasteiger partial charge in [0.15, 0.2) is 0 Å². The topological polar surface area (TPSA) is 65.8 Å². The summed E-state index contributed by atoms with van der Waals surface area (Å²) in [6, 6.07) is 19.2. The third-order valence-corrected chi connectivity index (χ3v) is 4.44. The van der Waals surface area contributed by atoms with Gasteiger partial charge in [-0.05, 0) is 37.3 Å². The molecule has 0 aliphatic carbocycles. The largest absolute Gasteiger partial charge is 0.325 e. The predicted molar refractivity (Wildman–Crippen MR) is 97.0 cm³/mol. The summed E-state index contributed by atoms with van der Waals surface area (Å²) in [6.07, 6.45) is 0. The van der Waals surface area contributed by atoms with Gasteiger partial charge in [0.2, 0.25) is 5.91 Å². The zero-order chi connectivity index (χ0) is 16.9. The monoisotopic (exact) mass is 333 g/mol. The molecule has 24 heavy (non-hydrogen) atoms. The van der Waals surface area contributed by atoms with Crippen LogP contribution in [0.5, 0.6) is 0 Å². The Balaban J connectivity index is 1.76. The van der Waals surface area contributed by atoms with Crippen LogP contribution in [0, 0.1) is 18.3 Å². The summed E-state index contributed by atoms with van der Waals surface area (Å²) in [7, 11) is 0. The van der Waals surface area contributed by atoms with E-state index >= 15 is 0 Å². The first kappa shape index (κ1) is 16.0. The fraction of sp³-hybridized carbons (Fsp3) is 0.105. The molecule has 1 aromatic heterocycles. The summed E-state index contributed by atoms with van der Waals surface area (Å²) < 4.78 is 0. The first-order valence-electron chi connectivity index (χ1n) is 7.45. The molecule has 1 N–H and O–H groups in total. The van der Waals surface area contributed by atoms with Crippen molar-refractivity contribution in [2.24, 2.45) is 0 Å². The molecule has 2 aromatic carbocycles. The number of nitriles is 1. The van der Waals surface area contributed by atoms with Crippen molar-refractivity contribution in [1.29, 1.82) is 5.26 Å². The normalized spacial score (nSPS) is 10.3. The van der Waals surface area contributed by atoms with Crippen molar-refractivity contribution >= 4 is 34.3 Å². The number of anilines is 1. The molecule has 3 aromatic rings. The second kappa shape index (κ2) is 7.16. The third kappa shape index (κ3) is 3.73. The van der Waals surface area contributed by atoms with Gasteiger partial charge in [-0.25, -0.2) is 4.98 Å². The second-order valence-corrected chi connectivity index (χ2v) is 6.32. The predicted octanol–water partition coefficient (Wildman–Crippen LogP) is 4.15. The summed E-state index contributed by atoms with van der Waals surface area (Å²) in [5.41, 5.74) is 3.19. The van der Waals surface area contributed by atoms with Gasteiger partial charge in [-0.1, -0.05) is 41.6 Å². The zero-order valence-electron chi connectivity index (χ0n) is 13.1. The maximum absolute atomic E-state index is 12.1. The van der Waals surface area contributed by atoms with Crippen molar-refractivity contribution < 1.29 is 4.79 Å². The van der Waals surface area contributed by atoms with Gasteiger partial charge in [-0.15, -0.1) is 0 Å². The van der Waals surface area contributed by atoms with Crippen LogP contribution in [-0.4, -0.2) is 16.6 Å². The molecule has 1 heterocycles. The molecule has 5 heteroatoms. The highest BCUT2D eigenvalue weighted by Gasteiger charge is 2.10. The summed E-state index contributed by atoms with van der Waals surface area (Å²) in [5, 5.41) is 13.7. The van der Waals surface area contributed by atoms with E-state index in [0.717, 1.165) is 22.2 Å². The number of fused-ring (bicyclic) bond motifs is 1. The van der Waals surface area contributed by atoms with Crippen molar-refractivity contribution in [2.45, 2.75) is 11.9 Å². The molecule has 0 spiro atoms. The van der Waals surface area contributed by atoms with Crippen LogP contribution in [0.25, 0.3) is 10.9 Å². The molecule has 0 fully saturated rings. The fourth-order valence-corrected chi connectivity index (χ4v) is 3.08. The number of thioether (sulfide) groups is 1. The number of rotatable bonds is 4. The standard InChI is InChI=1S/C19H15N3OS/c1-13-7-8-17-14(9-13)10-15(11-20)19(22-17)24-12-18(23)21-16-5-3-2-4-6-16/h2-10H,12H2,1H3,(H,21,23). The van der Waals surface area contributed by atoms with E-state index in [-0.39, 0.29) is 11.7 Å². The van der Waals surface area contributed by atoms with Crippen LogP contribution in [0.4, 0.5) is 5.69 Å². The van der Waals surface area contributed by atoms with Crippen LogP contribution in [0.1, 0.15) is 11.1 Å². The number of para-hydroxylation sites is 1. The van der Waals surface area contributed by atoms with Crippen molar-refractivity contribution in [2.75, 3.05) is 11.1 Å². The highest BCUT2D eigenvalue weighted by Crippen LogP contribution is 2.25. The van der Waals surface area contributed by atoms with Gasteiger partial charge in [-0.3, -0.25) is 4.79 Å². The van der Waals surface area contributed by atoms with E-state index in [1.165, 1.54) is 11.8 Å². The van der Waals surface area contributed by atoms with Crippen LogP contribution < -0.4 is 5.32 Å². The zero-order valence-corrected chi connectivity index (χ0v) is 13.9. The maximum atomic E-state index is 12.1. The number of benzene rings is 2. The third-order valence-electron chi connectivity index (χ3n) is 3.45.